The van der Waals surface area contributed by atoms with Crippen molar-refractivity contribution in [1.29, 1.82) is 0 Å². The van der Waals surface area contributed by atoms with E-state index in [1.807, 2.05) is 31.3 Å². The molecular weight excluding hydrogens is 264 g/mol. The molecule has 0 radical (unpaired) electrons. The van der Waals surface area contributed by atoms with E-state index >= 15 is 0 Å². The van der Waals surface area contributed by atoms with Crippen molar-refractivity contribution in [1.82, 2.24) is 10.3 Å². The van der Waals surface area contributed by atoms with Gasteiger partial charge in [-0.25, -0.2) is 4.98 Å². The summed E-state index contributed by atoms with van der Waals surface area (Å²) in [6.07, 6.45) is 2.29. The number of pyridine rings is 1. The van der Waals surface area contributed by atoms with Crippen LogP contribution in [0.1, 0.15) is 23.2 Å². The number of nitrogens with zero attached hydrogens (tertiary/aromatic N) is 2. The van der Waals surface area contributed by atoms with Gasteiger partial charge in [-0.3, -0.25) is 4.79 Å². The van der Waals surface area contributed by atoms with E-state index in [4.69, 9.17) is 5.73 Å². The minimum absolute atomic E-state index is 0.396. The number of carbonyl (C=O) groups excluding carboxylic acids is 1. The highest BCUT2D eigenvalue weighted by atomic mass is 16.1. The fourth-order valence-electron chi connectivity index (χ4n) is 2.90. The van der Waals surface area contributed by atoms with Gasteiger partial charge >= 0.3 is 0 Å². The zero-order valence-corrected chi connectivity index (χ0v) is 12.2. The number of amides is 1. The number of likely N-dealkylation sites (N-methyl/N-ethyl adjacent to an activating group) is 1. The third kappa shape index (κ3) is 2.69. The molecule has 21 heavy (non-hydrogen) atoms. The number of nitrogens with one attached hydrogen (secondary N) is 1. The van der Waals surface area contributed by atoms with E-state index in [9.17, 15) is 4.79 Å². The Morgan fingerprint density at radius 3 is 2.95 bits per heavy atom. The van der Waals surface area contributed by atoms with E-state index in [-0.39, 0.29) is 0 Å². The number of primary amides is 1. The Bertz CT molecular complexity index is 664. The summed E-state index contributed by atoms with van der Waals surface area (Å²) in [5, 5.41) is 4.21. The Labute approximate surface area is 124 Å². The Balaban J connectivity index is 2.04. The lowest BCUT2D eigenvalue weighted by molar-refractivity contribution is 0.100. The quantitative estimate of drug-likeness (QED) is 0.896. The first kappa shape index (κ1) is 13.8. The fraction of sp³-hybridized carbons (Fsp3) is 0.375. The van der Waals surface area contributed by atoms with E-state index in [1.165, 1.54) is 0 Å². The maximum Gasteiger partial charge on any atom is 0.249 e. The van der Waals surface area contributed by atoms with Crippen LogP contribution in [-0.2, 0) is 0 Å². The SMILES string of the molecule is CN(c1cc(C(N)=O)c2ccccc2n1)C1CCCNC1. The average Bonchev–Trinajstić information content (AvgIpc) is 2.53. The Hall–Kier alpha value is -2.14. The van der Waals surface area contributed by atoms with Crippen LogP contribution < -0.4 is 16.0 Å². The van der Waals surface area contributed by atoms with Gasteiger partial charge in [-0.05, 0) is 31.5 Å². The molecule has 2 aromatic rings. The molecule has 1 atom stereocenters. The highest BCUT2D eigenvalue weighted by Crippen LogP contribution is 2.24. The number of benzene rings is 1. The zero-order valence-electron chi connectivity index (χ0n) is 12.2. The molecule has 1 fully saturated rings. The van der Waals surface area contributed by atoms with Crippen molar-refractivity contribution in [3.8, 4) is 0 Å². The number of piperidine rings is 1. The smallest absolute Gasteiger partial charge is 0.249 e. The second-order valence-corrected chi connectivity index (χ2v) is 5.52. The minimum atomic E-state index is -0.412. The van der Waals surface area contributed by atoms with Crippen LogP contribution in [0.3, 0.4) is 0 Å². The van der Waals surface area contributed by atoms with Gasteiger partial charge in [0.25, 0.3) is 0 Å². The van der Waals surface area contributed by atoms with Gasteiger partial charge in [-0.1, -0.05) is 18.2 Å². The molecule has 1 unspecified atom stereocenters. The van der Waals surface area contributed by atoms with Crippen molar-refractivity contribution < 1.29 is 4.79 Å². The summed E-state index contributed by atoms with van der Waals surface area (Å²) in [4.78, 5) is 18.6. The van der Waals surface area contributed by atoms with Gasteiger partial charge in [0, 0.05) is 25.0 Å². The van der Waals surface area contributed by atoms with Crippen molar-refractivity contribution in [2.45, 2.75) is 18.9 Å². The Morgan fingerprint density at radius 1 is 1.43 bits per heavy atom. The molecule has 3 N–H and O–H groups in total. The standard InChI is InChI=1S/C16H20N4O/c1-20(11-5-4-8-18-10-11)15-9-13(16(17)21)12-6-2-3-7-14(12)19-15/h2-3,6-7,9,11,18H,4-5,8,10H2,1H3,(H2,17,21). The molecule has 0 aliphatic carbocycles. The van der Waals surface area contributed by atoms with Gasteiger partial charge in [0.05, 0.1) is 11.1 Å². The highest BCUT2D eigenvalue weighted by Gasteiger charge is 2.20. The average molecular weight is 284 g/mol. The Morgan fingerprint density at radius 2 is 2.24 bits per heavy atom. The third-order valence-electron chi connectivity index (χ3n) is 4.15. The molecule has 1 aliphatic heterocycles. The fourth-order valence-corrected chi connectivity index (χ4v) is 2.90. The number of fused-ring (bicyclic) bond motifs is 1. The molecule has 0 bridgehead atoms. The Kier molecular flexibility index (Phi) is 3.75. The zero-order chi connectivity index (χ0) is 14.8. The molecule has 5 heteroatoms. The number of rotatable bonds is 3. The summed E-state index contributed by atoms with van der Waals surface area (Å²) in [7, 11) is 2.03. The molecule has 2 heterocycles. The maximum atomic E-state index is 11.7. The summed E-state index contributed by atoms with van der Waals surface area (Å²) in [6, 6.07) is 9.82. The highest BCUT2D eigenvalue weighted by molar-refractivity contribution is 6.06. The van der Waals surface area contributed by atoms with Gasteiger partial charge in [-0.2, -0.15) is 0 Å². The molecule has 0 saturated carbocycles. The van der Waals surface area contributed by atoms with E-state index in [2.05, 4.69) is 15.2 Å². The van der Waals surface area contributed by atoms with Crippen molar-refractivity contribution >= 4 is 22.6 Å². The third-order valence-corrected chi connectivity index (χ3v) is 4.15. The molecular formula is C16H20N4O. The topological polar surface area (TPSA) is 71.2 Å². The van der Waals surface area contributed by atoms with Gasteiger partial charge in [0.1, 0.15) is 5.82 Å². The molecule has 1 aromatic carbocycles. The summed E-state index contributed by atoms with van der Waals surface area (Å²) in [5.74, 6) is 0.390. The molecule has 0 spiro atoms. The first-order chi connectivity index (χ1) is 10.2. The van der Waals surface area contributed by atoms with Crippen molar-refractivity contribution in [2.24, 2.45) is 5.73 Å². The van der Waals surface area contributed by atoms with Gasteiger partial charge in [-0.15, -0.1) is 0 Å². The molecule has 3 rings (SSSR count). The number of hydrogen-bond acceptors (Lipinski definition) is 4. The molecule has 110 valence electrons. The molecule has 1 saturated heterocycles. The van der Waals surface area contributed by atoms with Crippen LogP contribution in [-0.4, -0.2) is 37.1 Å². The molecule has 1 aromatic heterocycles. The van der Waals surface area contributed by atoms with Crippen LogP contribution in [0.5, 0.6) is 0 Å². The first-order valence-corrected chi connectivity index (χ1v) is 7.30. The number of aromatic nitrogens is 1. The predicted octanol–water partition coefficient (Wildman–Crippen LogP) is 1.52. The largest absolute Gasteiger partial charge is 0.366 e. The number of nitrogens with two attached hydrogens (primary N) is 1. The summed E-state index contributed by atoms with van der Waals surface area (Å²) in [6.45, 7) is 2.01. The number of anilines is 1. The lowest BCUT2D eigenvalue weighted by Crippen LogP contribution is -2.44. The van der Waals surface area contributed by atoms with Crippen LogP contribution >= 0.6 is 0 Å². The number of hydrogen-bond donors (Lipinski definition) is 2. The summed E-state index contributed by atoms with van der Waals surface area (Å²) in [5.41, 5.74) is 6.87. The van der Waals surface area contributed by atoms with Gasteiger partial charge in [0.2, 0.25) is 5.91 Å². The lowest BCUT2D eigenvalue weighted by atomic mass is 10.0. The van der Waals surface area contributed by atoms with E-state index in [1.54, 1.807) is 6.07 Å². The van der Waals surface area contributed by atoms with Crippen molar-refractivity contribution in [3.05, 3.63) is 35.9 Å². The van der Waals surface area contributed by atoms with Gasteiger partial charge in [0.15, 0.2) is 0 Å². The van der Waals surface area contributed by atoms with Gasteiger partial charge < -0.3 is 16.0 Å². The number of para-hydroxylation sites is 1. The normalized spacial score (nSPS) is 18.6. The lowest BCUT2D eigenvalue weighted by Gasteiger charge is -2.32. The second-order valence-electron chi connectivity index (χ2n) is 5.52. The van der Waals surface area contributed by atoms with Crippen LogP contribution in [0.25, 0.3) is 10.9 Å². The number of carbonyl (C=O) groups is 1. The van der Waals surface area contributed by atoms with Crippen LogP contribution in [0.2, 0.25) is 0 Å². The summed E-state index contributed by atoms with van der Waals surface area (Å²) >= 11 is 0. The predicted molar refractivity (Wildman–Crippen MR) is 84.6 cm³/mol. The second kappa shape index (κ2) is 5.69. The minimum Gasteiger partial charge on any atom is -0.366 e. The van der Waals surface area contributed by atoms with Crippen LogP contribution in [0.4, 0.5) is 5.82 Å². The maximum absolute atomic E-state index is 11.7. The molecule has 1 aliphatic rings. The first-order valence-electron chi connectivity index (χ1n) is 7.30. The van der Waals surface area contributed by atoms with Crippen molar-refractivity contribution in [2.75, 3.05) is 25.0 Å². The van der Waals surface area contributed by atoms with Crippen LogP contribution in [0, 0.1) is 0 Å². The van der Waals surface area contributed by atoms with E-state index in [0.717, 1.165) is 42.7 Å². The van der Waals surface area contributed by atoms with Crippen molar-refractivity contribution in [3.63, 3.8) is 0 Å². The monoisotopic (exact) mass is 284 g/mol. The van der Waals surface area contributed by atoms with Crippen LogP contribution in [0.15, 0.2) is 30.3 Å². The molecule has 1 amide bonds. The van der Waals surface area contributed by atoms with E-state index in [0.29, 0.717) is 11.6 Å². The van der Waals surface area contributed by atoms with E-state index < -0.39 is 5.91 Å². The summed E-state index contributed by atoms with van der Waals surface area (Å²) < 4.78 is 0. The molecule has 5 nitrogen and oxygen atoms in total.